The number of hydrogen-bond donors (Lipinski definition) is 3. The molecule has 2 rings (SSSR count). The van der Waals surface area contributed by atoms with Gasteiger partial charge in [0.05, 0.1) is 0 Å². The van der Waals surface area contributed by atoms with Crippen LogP contribution in [0.4, 0.5) is 11.4 Å². The van der Waals surface area contributed by atoms with Gasteiger partial charge in [-0.1, -0.05) is 6.07 Å². The molecule has 1 atom stereocenters. The predicted molar refractivity (Wildman–Crippen MR) is 69.8 cm³/mol. The van der Waals surface area contributed by atoms with Crippen LogP contribution in [0.2, 0.25) is 0 Å². The van der Waals surface area contributed by atoms with E-state index in [1.54, 1.807) is 0 Å². The summed E-state index contributed by atoms with van der Waals surface area (Å²) in [5.41, 5.74) is 8.47. The summed E-state index contributed by atoms with van der Waals surface area (Å²) in [4.78, 5) is 11.8. The molecule has 0 spiro atoms. The van der Waals surface area contributed by atoms with Crippen LogP contribution in [0.5, 0.6) is 0 Å². The molecule has 92 valence electrons. The van der Waals surface area contributed by atoms with Gasteiger partial charge in [-0.15, -0.1) is 0 Å². The lowest BCUT2D eigenvalue weighted by Gasteiger charge is -2.17. The topological polar surface area (TPSA) is 67.1 Å². The second-order valence-electron chi connectivity index (χ2n) is 4.67. The van der Waals surface area contributed by atoms with Crippen molar-refractivity contribution in [3.63, 3.8) is 0 Å². The summed E-state index contributed by atoms with van der Waals surface area (Å²) in [5.74, 6) is 0.0503. The lowest BCUT2D eigenvalue weighted by molar-refractivity contribution is -0.121. The second kappa shape index (κ2) is 4.65. The fourth-order valence-corrected chi connectivity index (χ4v) is 1.66. The molecule has 0 bridgehead atoms. The molecule has 0 radical (unpaired) electrons. The highest BCUT2D eigenvalue weighted by atomic mass is 16.2. The molecule has 1 saturated carbocycles. The summed E-state index contributed by atoms with van der Waals surface area (Å²) < 4.78 is 0. The first-order valence-corrected chi connectivity index (χ1v) is 6.00. The number of amides is 1. The molecule has 4 N–H and O–H groups in total. The Morgan fingerprint density at radius 3 is 2.82 bits per heavy atom. The van der Waals surface area contributed by atoms with E-state index in [-0.39, 0.29) is 11.9 Å². The fourth-order valence-electron chi connectivity index (χ4n) is 1.66. The maximum absolute atomic E-state index is 11.8. The van der Waals surface area contributed by atoms with E-state index >= 15 is 0 Å². The van der Waals surface area contributed by atoms with Crippen molar-refractivity contribution in [2.24, 2.45) is 0 Å². The minimum atomic E-state index is -0.240. The smallest absolute Gasteiger partial charge is 0.242 e. The quantitative estimate of drug-likeness (QED) is 0.693. The van der Waals surface area contributed by atoms with E-state index in [0.29, 0.717) is 6.04 Å². The third-order valence-corrected chi connectivity index (χ3v) is 3.06. The SMILES string of the molecule is Cc1c(N)cccc1NC(C)C(=O)NC1CC1. The van der Waals surface area contributed by atoms with E-state index in [0.717, 1.165) is 29.8 Å². The molecule has 4 nitrogen and oxygen atoms in total. The summed E-state index contributed by atoms with van der Waals surface area (Å²) >= 11 is 0. The van der Waals surface area contributed by atoms with Gasteiger partial charge < -0.3 is 16.4 Å². The fraction of sp³-hybridized carbons (Fsp3) is 0.462. The summed E-state index contributed by atoms with van der Waals surface area (Å²) in [5, 5.41) is 6.17. The van der Waals surface area contributed by atoms with Crippen molar-refractivity contribution in [1.29, 1.82) is 0 Å². The van der Waals surface area contributed by atoms with Gasteiger partial charge in [0.1, 0.15) is 6.04 Å². The van der Waals surface area contributed by atoms with Gasteiger partial charge in [-0.2, -0.15) is 0 Å². The average Bonchev–Trinajstić information content (AvgIpc) is 3.08. The standard InChI is InChI=1S/C13H19N3O/c1-8-11(14)4-3-5-12(8)15-9(2)13(17)16-10-6-7-10/h3-5,9-10,15H,6-7,14H2,1-2H3,(H,16,17). The van der Waals surface area contributed by atoms with Crippen molar-refractivity contribution in [2.75, 3.05) is 11.1 Å². The van der Waals surface area contributed by atoms with E-state index in [2.05, 4.69) is 10.6 Å². The predicted octanol–water partition coefficient (Wildman–Crippen LogP) is 1.66. The van der Waals surface area contributed by atoms with Crippen molar-refractivity contribution < 1.29 is 4.79 Å². The Bertz CT molecular complexity index is 427. The van der Waals surface area contributed by atoms with Crippen LogP contribution in [-0.4, -0.2) is 18.0 Å². The van der Waals surface area contributed by atoms with Crippen LogP contribution >= 0.6 is 0 Å². The van der Waals surface area contributed by atoms with Gasteiger partial charge in [-0.3, -0.25) is 4.79 Å². The maximum Gasteiger partial charge on any atom is 0.242 e. The van der Waals surface area contributed by atoms with Crippen LogP contribution in [0.3, 0.4) is 0 Å². The molecular formula is C13H19N3O. The summed E-state index contributed by atoms with van der Waals surface area (Å²) in [6.45, 7) is 3.81. The van der Waals surface area contributed by atoms with Crippen molar-refractivity contribution in [3.05, 3.63) is 23.8 Å². The molecular weight excluding hydrogens is 214 g/mol. The third kappa shape index (κ3) is 2.90. The first-order chi connectivity index (χ1) is 8.08. The van der Waals surface area contributed by atoms with Gasteiger partial charge in [0, 0.05) is 17.4 Å². The van der Waals surface area contributed by atoms with Crippen molar-refractivity contribution in [1.82, 2.24) is 5.32 Å². The minimum Gasteiger partial charge on any atom is -0.398 e. The minimum absolute atomic E-state index is 0.0503. The highest BCUT2D eigenvalue weighted by Crippen LogP contribution is 2.22. The van der Waals surface area contributed by atoms with E-state index in [1.807, 2.05) is 32.0 Å². The van der Waals surface area contributed by atoms with Crippen molar-refractivity contribution in [3.8, 4) is 0 Å². The van der Waals surface area contributed by atoms with Crippen molar-refractivity contribution in [2.45, 2.75) is 38.8 Å². The van der Waals surface area contributed by atoms with E-state index < -0.39 is 0 Å². The average molecular weight is 233 g/mol. The molecule has 0 aliphatic heterocycles. The largest absolute Gasteiger partial charge is 0.398 e. The van der Waals surface area contributed by atoms with Crippen LogP contribution in [-0.2, 0) is 4.79 Å². The lowest BCUT2D eigenvalue weighted by atomic mass is 10.1. The molecule has 0 heterocycles. The maximum atomic E-state index is 11.8. The number of anilines is 2. The molecule has 1 aromatic rings. The number of nitrogen functional groups attached to an aromatic ring is 1. The highest BCUT2D eigenvalue weighted by molar-refractivity contribution is 5.85. The zero-order chi connectivity index (χ0) is 12.4. The normalized spacial score (nSPS) is 16.4. The molecule has 0 aromatic heterocycles. The van der Waals surface area contributed by atoms with Gasteiger partial charge in [0.15, 0.2) is 0 Å². The van der Waals surface area contributed by atoms with Gasteiger partial charge >= 0.3 is 0 Å². The monoisotopic (exact) mass is 233 g/mol. The Hall–Kier alpha value is -1.71. The number of carbonyl (C=O) groups is 1. The van der Waals surface area contributed by atoms with Crippen LogP contribution < -0.4 is 16.4 Å². The molecule has 1 unspecified atom stereocenters. The van der Waals surface area contributed by atoms with Gasteiger partial charge in [0.25, 0.3) is 0 Å². The molecule has 1 aliphatic rings. The van der Waals surface area contributed by atoms with Crippen LogP contribution in [0, 0.1) is 6.92 Å². The third-order valence-electron chi connectivity index (χ3n) is 3.06. The molecule has 17 heavy (non-hydrogen) atoms. The summed E-state index contributed by atoms with van der Waals surface area (Å²) in [7, 11) is 0. The molecule has 1 aromatic carbocycles. The number of rotatable bonds is 4. The summed E-state index contributed by atoms with van der Waals surface area (Å²) in [6, 6.07) is 5.84. The molecule has 1 aliphatic carbocycles. The Morgan fingerprint density at radius 2 is 2.18 bits per heavy atom. The lowest BCUT2D eigenvalue weighted by Crippen LogP contribution is -2.38. The number of carbonyl (C=O) groups excluding carboxylic acids is 1. The Kier molecular flexibility index (Phi) is 3.22. The van der Waals surface area contributed by atoms with E-state index in [1.165, 1.54) is 0 Å². The van der Waals surface area contributed by atoms with Crippen molar-refractivity contribution >= 4 is 17.3 Å². The molecule has 4 heteroatoms. The van der Waals surface area contributed by atoms with E-state index in [9.17, 15) is 4.79 Å². The number of hydrogen-bond acceptors (Lipinski definition) is 3. The Morgan fingerprint density at radius 1 is 1.47 bits per heavy atom. The van der Waals surface area contributed by atoms with Gasteiger partial charge in [-0.05, 0) is 44.4 Å². The van der Waals surface area contributed by atoms with Gasteiger partial charge in [-0.25, -0.2) is 0 Å². The van der Waals surface area contributed by atoms with Crippen LogP contribution in [0.1, 0.15) is 25.3 Å². The zero-order valence-electron chi connectivity index (χ0n) is 10.3. The summed E-state index contributed by atoms with van der Waals surface area (Å²) in [6.07, 6.45) is 2.21. The number of nitrogens with one attached hydrogen (secondary N) is 2. The molecule has 1 fully saturated rings. The van der Waals surface area contributed by atoms with Crippen LogP contribution in [0.25, 0.3) is 0 Å². The Balaban J connectivity index is 1.99. The van der Waals surface area contributed by atoms with Gasteiger partial charge in [0.2, 0.25) is 5.91 Å². The first kappa shape index (κ1) is 11.8. The van der Waals surface area contributed by atoms with E-state index in [4.69, 9.17) is 5.73 Å². The second-order valence-corrected chi connectivity index (χ2v) is 4.67. The number of nitrogens with two attached hydrogens (primary N) is 1. The number of benzene rings is 1. The highest BCUT2D eigenvalue weighted by Gasteiger charge is 2.25. The molecule has 1 amide bonds. The Labute approximate surface area is 102 Å². The first-order valence-electron chi connectivity index (χ1n) is 6.00. The van der Waals surface area contributed by atoms with Crippen LogP contribution in [0.15, 0.2) is 18.2 Å². The molecule has 0 saturated heterocycles. The zero-order valence-corrected chi connectivity index (χ0v) is 10.3.